The van der Waals surface area contributed by atoms with Crippen molar-refractivity contribution in [2.24, 2.45) is 0 Å². The molecule has 2 aromatic rings. The van der Waals surface area contributed by atoms with Gasteiger partial charge in [-0.15, -0.1) is 0 Å². The topological polar surface area (TPSA) is 32.3 Å². The molecule has 1 N–H and O–H groups in total. The normalized spacial score (nSPS) is 17.5. The predicted molar refractivity (Wildman–Crippen MR) is 93.3 cm³/mol. The Bertz CT molecular complexity index is 645. The highest BCUT2D eigenvalue weighted by atomic mass is 79.9. The average Bonchev–Trinajstić information content (AvgIpc) is 3.02. The highest BCUT2D eigenvalue weighted by Crippen LogP contribution is 2.24. The van der Waals surface area contributed by atoms with Crippen LogP contribution >= 0.6 is 15.9 Å². The highest BCUT2D eigenvalue weighted by Gasteiger charge is 2.25. The predicted octanol–water partition coefficient (Wildman–Crippen LogP) is 3.85. The Morgan fingerprint density at radius 1 is 1.18 bits per heavy atom. The summed E-state index contributed by atoms with van der Waals surface area (Å²) < 4.78 is 0.923. The summed E-state index contributed by atoms with van der Waals surface area (Å²) in [5.74, 6) is -0.0128. The van der Waals surface area contributed by atoms with E-state index in [2.05, 4.69) is 50.4 Å². The fraction of sp³-hybridized carbons (Fsp3) is 0.278. The molecule has 0 bridgehead atoms. The van der Waals surface area contributed by atoms with Crippen LogP contribution in [0.2, 0.25) is 0 Å². The van der Waals surface area contributed by atoms with Crippen LogP contribution in [0.3, 0.4) is 0 Å². The van der Waals surface area contributed by atoms with Crippen LogP contribution < -0.4 is 10.2 Å². The van der Waals surface area contributed by atoms with Crippen molar-refractivity contribution in [3.8, 4) is 0 Å². The van der Waals surface area contributed by atoms with Gasteiger partial charge in [0.05, 0.1) is 0 Å². The molecular weight excluding hydrogens is 340 g/mol. The zero-order valence-corrected chi connectivity index (χ0v) is 13.9. The molecule has 1 aliphatic heterocycles. The molecule has 0 aliphatic carbocycles. The number of nitrogens with one attached hydrogen (secondary N) is 1. The Balaban J connectivity index is 1.62. The molecule has 4 heteroatoms. The number of amides is 1. The number of benzene rings is 2. The molecule has 0 unspecified atom stereocenters. The molecule has 22 heavy (non-hydrogen) atoms. The van der Waals surface area contributed by atoms with E-state index in [0.29, 0.717) is 18.2 Å². The maximum absolute atomic E-state index is 12.2. The molecule has 1 amide bonds. The van der Waals surface area contributed by atoms with Crippen molar-refractivity contribution in [3.63, 3.8) is 0 Å². The van der Waals surface area contributed by atoms with Crippen molar-refractivity contribution in [3.05, 3.63) is 64.6 Å². The van der Waals surface area contributed by atoms with Crippen LogP contribution in [0, 0.1) is 0 Å². The molecule has 114 valence electrons. The minimum atomic E-state index is -0.0128. The Labute approximate surface area is 139 Å². The molecule has 0 spiro atoms. The summed E-state index contributed by atoms with van der Waals surface area (Å²) in [4.78, 5) is 14.6. The van der Waals surface area contributed by atoms with Crippen LogP contribution in [0.15, 0.2) is 59.1 Å². The first-order chi connectivity index (χ1) is 10.7. The molecule has 3 nitrogen and oxygen atoms in total. The molecule has 0 aromatic heterocycles. The van der Waals surface area contributed by atoms with E-state index in [1.54, 1.807) is 0 Å². The van der Waals surface area contributed by atoms with Gasteiger partial charge >= 0.3 is 0 Å². The average molecular weight is 359 g/mol. The van der Waals surface area contributed by atoms with Gasteiger partial charge in [-0.25, -0.2) is 0 Å². The summed E-state index contributed by atoms with van der Waals surface area (Å²) in [5.41, 5.74) is 1.93. The molecule has 1 aliphatic rings. The SMILES string of the molecule is O=C(NC[C@H]1CCCN1c1ccccc1)c1cccc(Br)c1. The Hall–Kier alpha value is -1.81. The van der Waals surface area contributed by atoms with Crippen LogP contribution in [0.1, 0.15) is 23.2 Å². The van der Waals surface area contributed by atoms with Gasteiger partial charge in [-0.2, -0.15) is 0 Å². The van der Waals surface area contributed by atoms with Crippen LogP contribution in [-0.2, 0) is 0 Å². The number of halogens is 1. The van der Waals surface area contributed by atoms with E-state index in [-0.39, 0.29) is 5.91 Å². The van der Waals surface area contributed by atoms with Gasteiger partial charge in [0, 0.05) is 34.9 Å². The van der Waals surface area contributed by atoms with Gasteiger partial charge in [-0.1, -0.05) is 40.2 Å². The van der Waals surface area contributed by atoms with Gasteiger partial charge in [0.1, 0.15) is 0 Å². The van der Waals surface area contributed by atoms with E-state index in [1.165, 1.54) is 12.1 Å². The smallest absolute Gasteiger partial charge is 0.251 e. The Morgan fingerprint density at radius 2 is 2.00 bits per heavy atom. The first-order valence-electron chi connectivity index (χ1n) is 7.59. The number of para-hydroxylation sites is 1. The first kappa shape index (κ1) is 15.1. The van der Waals surface area contributed by atoms with Gasteiger partial charge in [0.2, 0.25) is 0 Å². The molecule has 1 heterocycles. The minimum Gasteiger partial charge on any atom is -0.367 e. The molecular formula is C18H19BrN2O. The van der Waals surface area contributed by atoms with Crippen molar-refractivity contribution in [1.82, 2.24) is 5.32 Å². The third-order valence-electron chi connectivity index (χ3n) is 4.05. The number of hydrogen-bond acceptors (Lipinski definition) is 2. The van der Waals surface area contributed by atoms with E-state index >= 15 is 0 Å². The first-order valence-corrected chi connectivity index (χ1v) is 8.39. The molecule has 3 rings (SSSR count). The van der Waals surface area contributed by atoms with Crippen molar-refractivity contribution in [2.45, 2.75) is 18.9 Å². The molecule has 2 aromatic carbocycles. The third-order valence-corrected chi connectivity index (χ3v) is 4.54. The second-order valence-corrected chi connectivity index (χ2v) is 6.46. The molecule has 1 atom stereocenters. The lowest BCUT2D eigenvalue weighted by Gasteiger charge is -2.27. The summed E-state index contributed by atoms with van der Waals surface area (Å²) in [6, 6.07) is 18.3. The Kier molecular flexibility index (Phi) is 4.78. The molecule has 0 saturated carbocycles. The van der Waals surface area contributed by atoms with E-state index in [1.807, 2.05) is 30.3 Å². The van der Waals surface area contributed by atoms with Gasteiger partial charge in [0.15, 0.2) is 0 Å². The summed E-state index contributed by atoms with van der Waals surface area (Å²) in [5, 5.41) is 3.07. The number of hydrogen-bond donors (Lipinski definition) is 1. The maximum atomic E-state index is 12.2. The lowest BCUT2D eigenvalue weighted by Crippen LogP contribution is -2.40. The van der Waals surface area contributed by atoms with Gasteiger partial charge in [-0.05, 0) is 43.2 Å². The van der Waals surface area contributed by atoms with E-state index in [9.17, 15) is 4.79 Å². The van der Waals surface area contributed by atoms with Crippen LogP contribution in [0.5, 0.6) is 0 Å². The quantitative estimate of drug-likeness (QED) is 0.900. The monoisotopic (exact) mass is 358 g/mol. The van der Waals surface area contributed by atoms with Crippen LogP contribution in [0.25, 0.3) is 0 Å². The van der Waals surface area contributed by atoms with E-state index in [4.69, 9.17) is 0 Å². The van der Waals surface area contributed by atoms with Crippen molar-refractivity contribution < 1.29 is 4.79 Å². The van der Waals surface area contributed by atoms with Gasteiger partial charge in [0.25, 0.3) is 5.91 Å². The summed E-state index contributed by atoms with van der Waals surface area (Å²) in [6.07, 6.45) is 2.29. The lowest BCUT2D eigenvalue weighted by molar-refractivity contribution is 0.0951. The number of carbonyl (C=O) groups excluding carboxylic acids is 1. The number of rotatable bonds is 4. The lowest BCUT2D eigenvalue weighted by atomic mass is 10.2. The second kappa shape index (κ2) is 6.97. The third kappa shape index (κ3) is 3.50. The zero-order valence-electron chi connectivity index (χ0n) is 12.3. The second-order valence-electron chi connectivity index (χ2n) is 5.55. The molecule has 0 radical (unpaired) electrons. The fourth-order valence-corrected chi connectivity index (χ4v) is 3.35. The van der Waals surface area contributed by atoms with Crippen molar-refractivity contribution >= 4 is 27.5 Å². The maximum Gasteiger partial charge on any atom is 0.251 e. The summed E-state index contributed by atoms with van der Waals surface area (Å²) >= 11 is 3.40. The van der Waals surface area contributed by atoms with Crippen LogP contribution in [-0.4, -0.2) is 25.0 Å². The highest BCUT2D eigenvalue weighted by molar-refractivity contribution is 9.10. The summed E-state index contributed by atoms with van der Waals surface area (Å²) in [7, 11) is 0. The van der Waals surface area contributed by atoms with E-state index in [0.717, 1.165) is 17.4 Å². The standard InChI is InChI=1S/C18H19BrN2O/c19-15-7-4-6-14(12-15)18(22)20-13-17-10-5-11-21(17)16-8-2-1-3-9-16/h1-4,6-9,12,17H,5,10-11,13H2,(H,20,22)/t17-/m1/s1. The van der Waals surface area contributed by atoms with Crippen molar-refractivity contribution in [1.29, 1.82) is 0 Å². The van der Waals surface area contributed by atoms with E-state index < -0.39 is 0 Å². The van der Waals surface area contributed by atoms with Crippen LogP contribution in [0.4, 0.5) is 5.69 Å². The molecule has 1 saturated heterocycles. The largest absolute Gasteiger partial charge is 0.367 e. The van der Waals surface area contributed by atoms with Crippen molar-refractivity contribution in [2.75, 3.05) is 18.0 Å². The molecule has 1 fully saturated rings. The van der Waals surface area contributed by atoms with Gasteiger partial charge < -0.3 is 10.2 Å². The Morgan fingerprint density at radius 3 is 2.77 bits per heavy atom. The fourth-order valence-electron chi connectivity index (χ4n) is 2.95. The number of nitrogens with zero attached hydrogens (tertiary/aromatic N) is 1. The minimum absolute atomic E-state index is 0.0128. The van der Waals surface area contributed by atoms with Gasteiger partial charge in [-0.3, -0.25) is 4.79 Å². The summed E-state index contributed by atoms with van der Waals surface area (Å²) in [6.45, 7) is 1.74. The number of carbonyl (C=O) groups is 1. The zero-order chi connectivity index (χ0) is 15.4. The number of anilines is 1.